The summed E-state index contributed by atoms with van der Waals surface area (Å²) in [4.78, 5) is 0. The Balaban J connectivity index is 1.85. The maximum absolute atomic E-state index is 6.36. The Morgan fingerprint density at radius 1 is 0.619 bits per heavy atom. The summed E-state index contributed by atoms with van der Waals surface area (Å²) < 4.78 is 0. The third kappa shape index (κ3) is 3.04. The lowest BCUT2D eigenvalue weighted by Gasteiger charge is -2.13. The van der Waals surface area contributed by atoms with E-state index in [9.17, 15) is 0 Å². The fourth-order valence-corrected chi connectivity index (χ4v) is 2.48. The van der Waals surface area contributed by atoms with Crippen molar-refractivity contribution in [1.29, 1.82) is 0 Å². The molecule has 0 saturated carbocycles. The fourth-order valence-electron chi connectivity index (χ4n) is 2.48. The number of hydrogen-bond acceptors (Lipinski definition) is 1. The average Bonchev–Trinajstić information content (AvgIpc) is 2.56. The predicted octanol–water partition coefficient (Wildman–Crippen LogP) is 4.71. The minimum Gasteiger partial charge on any atom is -0.320 e. The molecule has 3 aromatic rings. The Kier molecular flexibility index (Phi) is 3.85. The number of benzene rings is 3. The average molecular weight is 273 g/mol. The molecule has 3 aromatic carbocycles. The Morgan fingerprint density at radius 3 is 1.67 bits per heavy atom. The molecular weight excluding hydrogens is 254 g/mol. The van der Waals surface area contributed by atoms with E-state index in [-0.39, 0.29) is 6.04 Å². The van der Waals surface area contributed by atoms with E-state index in [1.165, 1.54) is 16.7 Å². The van der Waals surface area contributed by atoms with Crippen molar-refractivity contribution in [2.24, 2.45) is 5.73 Å². The van der Waals surface area contributed by atoms with Crippen molar-refractivity contribution in [3.63, 3.8) is 0 Å². The zero-order valence-corrected chi connectivity index (χ0v) is 12.2. The minimum absolute atomic E-state index is 0.0737. The van der Waals surface area contributed by atoms with E-state index < -0.39 is 0 Å². The first-order chi connectivity index (χ1) is 10.2. The maximum atomic E-state index is 6.36. The third-order valence-corrected chi connectivity index (χ3v) is 3.81. The third-order valence-electron chi connectivity index (χ3n) is 3.81. The van der Waals surface area contributed by atoms with Crippen molar-refractivity contribution >= 4 is 0 Å². The molecule has 0 aliphatic rings. The zero-order valence-electron chi connectivity index (χ0n) is 12.2. The van der Waals surface area contributed by atoms with Gasteiger partial charge in [-0.15, -0.1) is 0 Å². The van der Waals surface area contributed by atoms with Gasteiger partial charge in [0.05, 0.1) is 6.04 Å². The van der Waals surface area contributed by atoms with Gasteiger partial charge in [-0.3, -0.25) is 0 Å². The molecule has 0 aliphatic heterocycles. The van der Waals surface area contributed by atoms with Gasteiger partial charge in [0.15, 0.2) is 0 Å². The minimum atomic E-state index is -0.0737. The van der Waals surface area contributed by atoms with Crippen molar-refractivity contribution < 1.29 is 0 Å². The molecule has 1 nitrogen and oxygen atoms in total. The molecule has 0 saturated heterocycles. The molecule has 0 amide bonds. The van der Waals surface area contributed by atoms with Crippen molar-refractivity contribution in [3.8, 4) is 11.1 Å². The molecule has 1 atom stereocenters. The van der Waals surface area contributed by atoms with Crippen LogP contribution in [0.15, 0.2) is 78.9 Å². The summed E-state index contributed by atoms with van der Waals surface area (Å²) in [5.41, 5.74) is 12.3. The van der Waals surface area contributed by atoms with Crippen LogP contribution in [-0.2, 0) is 0 Å². The molecule has 104 valence electrons. The van der Waals surface area contributed by atoms with Gasteiger partial charge in [-0.25, -0.2) is 0 Å². The van der Waals surface area contributed by atoms with Crippen molar-refractivity contribution in [2.75, 3.05) is 0 Å². The fraction of sp³-hybridized carbons (Fsp3) is 0.100. The largest absolute Gasteiger partial charge is 0.320 e. The van der Waals surface area contributed by atoms with E-state index in [1.807, 2.05) is 6.07 Å². The monoisotopic (exact) mass is 273 g/mol. The van der Waals surface area contributed by atoms with Gasteiger partial charge < -0.3 is 5.73 Å². The Hall–Kier alpha value is -2.38. The van der Waals surface area contributed by atoms with Crippen molar-refractivity contribution in [1.82, 2.24) is 0 Å². The summed E-state index contributed by atoms with van der Waals surface area (Å²) in [5.74, 6) is 0. The van der Waals surface area contributed by atoms with Crippen LogP contribution in [-0.4, -0.2) is 0 Å². The first-order valence-corrected chi connectivity index (χ1v) is 7.21. The summed E-state index contributed by atoms with van der Waals surface area (Å²) in [6.07, 6.45) is 0. The van der Waals surface area contributed by atoms with Crippen LogP contribution in [0.25, 0.3) is 11.1 Å². The smallest absolute Gasteiger partial charge is 0.0551 e. The van der Waals surface area contributed by atoms with Crippen LogP contribution >= 0.6 is 0 Å². The Bertz CT molecular complexity index is 697. The topological polar surface area (TPSA) is 26.0 Å². The van der Waals surface area contributed by atoms with Crippen LogP contribution in [0.5, 0.6) is 0 Å². The predicted molar refractivity (Wildman–Crippen MR) is 89.1 cm³/mol. The van der Waals surface area contributed by atoms with E-state index in [2.05, 4.69) is 79.7 Å². The molecule has 1 heteroatoms. The van der Waals surface area contributed by atoms with Gasteiger partial charge in [0, 0.05) is 0 Å². The van der Waals surface area contributed by atoms with Crippen molar-refractivity contribution in [2.45, 2.75) is 13.0 Å². The van der Waals surface area contributed by atoms with Crippen LogP contribution in [0.2, 0.25) is 0 Å². The Morgan fingerprint density at radius 2 is 1.10 bits per heavy atom. The Labute approximate surface area is 126 Å². The van der Waals surface area contributed by atoms with Gasteiger partial charge in [-0.2, -0.15) is 0 Å². The van der Waals surface area contributed by atoms with Crippen LogP contribution in [0.1, 0.15) is 22.7 Å². The molecule has 0 radical (unpaired) electrons. The quantitative estimate of drug-likeness (QED) is 0.734. The second-order valence-electron chi connectivity index (χ2n) is 5.38. The van der Waals surface area contributed by atoms with E-state index in [4.69, 9.17) is 5.73 Å². The highest BCUT2D eigenvalue weighted by molar-refractivity contribution is 5.63. The van der Waals surface area contributed by atoms with Crippen LogP contribution in [0, 0.1) is 6.92 Å². The lowest BCUT2D eigenvalue weighted by Crippen LogP contribution is -2.11. The first kappa shape index (κ1) is 13.6. The molecule has 0 heterocycles. The van der Waals surface area contributed by atoms with Crippen molar-refractivity contribution in [3.05, 3.63) is 95.6 Å². The van der Waals surface area contributed by atoms with E-state index in [1.54, 1.807) is 0 Å². The lowest BCUT2D eigenvalue weighted by molar-refractivity contribution is 0.871. The second kappa shape index (κ2) is 5.94. The summed E-state index contributed by atoms with van der Waals surface area (Å²) in [7, 11) is 0. The summed E-state index contributed by atoms with van der Waals surface area (Å²) >= 11 is 0. The highest BCUT2D eigenvalue weighted by atomic mass is 14.6. The molecule has 0 bridgehead atoms. The number of aryl methyl sites for hydroxylation is 1. The molecule has 0 aliphatic carbocycles. The standard InChI is InChI=1S/C20H19N/c1-15-7-9-18(10-8-15)20(21)19-13-11-17(12-14-19)16-5-3-2-4-6-16/h2-14,20H,21H2,1H3. The summed E-state index contributed by atoms with van der Waals surface area (Å²) in [6.45, 7) is 2.09. The number of nitrogens with two attached hydrogens (primary N) is 1. The maximum Gasteiger partial charge on any atom is 0.0551 e. The molecule has 0 spiro atoms. The highest BCUT2D eigenvalue weighted by Crippen LogP contribution is 2.24. The van der Waals surface area contributed by atoms with Gasteiger partial charge in [0.25, 0.3) is 0 Å². The molecule has 3 rings (SSSR count). The highest BCUT2D eigenvalue weighted by Gasteiger charge is 2.08. The van der Waals surface area contributed by atoms with E-state index in [0.717, 1.165) is 11.1 Å². The second-order valence-corrected chi connectivity index (χ2v) is 5.38. The van der Waals surface area contributed by atoms with Crippen LogP contribution in [0.4, 0.5) is 0 Å². The van der Waals surface area contributed by atoms with Gasteiger partial charge in [0.2, 0.25) is 0 Å². The summed E-state index contributed by atoms with van der Waals surface area (Å²) in [6, 6.07) is 27.2. The van der Waals surface area contributed by atoms with Gasteiger partial charge in [-0.1, -0.05) is 84.4 Å². The number of hydrogen-bond donors (Lipinski definition) is 1. The zero-order chi connectivity index (χ0) is 14.7. The summed E-state index contributed by atoms with van der Waals surface area (Å²) in [5, 5.41) is 0. The van der Waals surface area contributed by atoms with Crippen LogP contribution < -0.4 is 5.73 Å². The van der Waals surface area contributed by atoms with Gasteiger partial charge in [0.1, 0.15) is 0 Å². The van der Waals surface area contributed by atoms with Gasteiger partial charge in [-0.05, 0) is 29.2 Å². The normalized spacial score (nSPS) is 12.1. The molecule has 1 unspecified atom stereocenters. The number of rotatable bonds is 3. The SMILES string of the molecule is Cc1ccc(C(N)c2ccc(-c3ccccc3)cc2)cc1. The first-order valence-electron chi connectivity index (χ1n) is 7.21. The van der Waals surface area contributed by atoms with Crippen LogP contribution in [0.3, 0.4) is 0 Å². The molecular formula is C20H19N. The molecule has 0 fully saturated rings. The molecule has 2 N–H and O–H groups in total. The van der Waals surface area contributed by atoms with E-state index >= 15 is 0 Å². The lowest BCUT2D eigenvalue weighted by atomic mass is 9.96. The van der Waals surface area contributed by atoms with E-state index in [0.29, 0.717) is 0 Å². The molecule has 0 aromatic heterocycles. The van der Waals surface area contributed by atoms with Gasteiger partial charge >= 0.3 is 0 Å². The molecule has 21 heavy (non-hydrogen) atoms.